The number of carbonyl (C=O) groups is 2. The first-order valence-electron chi connectivity index (χ1n) is 11.3. The van der Waals surface area contributed by atoms with Crippen molar-refractivity contribution in [1.29, 1.82) is 0 Å². The molecule has 1 aromatic carbocycles. The predicted octanol–water partition coefficient (Wildman–Crippen LogP) is 3.40. The van der Waals surface area contributed by atoms with E-state index in [0.717, 1.165) is 31.4 Å². The fourth-order valence-corrected chi connectivity index (χ4v) is 4.87. The van der Waals surface area contributed by atoms with Crippen LogP contribution in [0.25, 0.3) is 0 Å². The third kappa shape index (κ3) is 4.44. The van der Waals surface area contributed by atoms with Crippen LogP contribution in [0, 0.1) is 0 Å². The Morgan fingerprint density at radius 1 is 1.06 bits per heavy atom. The normalized spacial score (nSPS) is 22.6. The molecule has 0 unspecified atom stereocenters. The van der Waals surface area contributed by atoms with Gasteiger partial charge in [0.05, 0.1) is 38.9 Å². The number of rotatable bonds is 7. The molecule has 2 atom stereocenters. The van der Waals surface area contributed by atoms with Gasteiger partial charge in [-0.1, -0.05) is 0 Å². The Labute approximate surface area is 193 Å². The molecule has 4 rings (SSSR count). The van der Waals surface area contributed by atoms with Gasteiger partial charge in [0.15, 0.2) is 17.3 Å². The van der Waals surface area contributed by atoms with Gasteiger partial charge in [-0.05, 0) is 38.7 Å². The van der Waals surface area contributed by atoms with E-state index in [-0.39, 0.29) is 18.5 Å². The molecule has 0 radical (unpaired) electrons. The molecule has 0 aromatic heterocycles. The zero-order chi connectivity index (χ0) is 23.5. The number of allylic oxidation sites excluding steroid dienone is 3. The van der Waals surface area contributed by atoms with Gasteiger partial charge in [0, 0.05) is 41.6 Å². The zero-order valence-electron chi connectivity index (χ0n) is 19.6. The van der Waals surface area contributed by atoms with Crippen LogP contribution in [0.4, 0.5) is 0 Å². The number of esters is 1. The van der Waals surface area contributed by atoms with E-state index in [1.54, 1.807) is 33.5 Å². The fraction of sp³-hybridized carbons (Fsp3) is 0.520. The number of carbonyl (C=O) groups excluding carboxylic acids is 2. The van der Waals surface area contributed by atoms with Crippen LogP contribution in [0.15, 0.2) is 34.7 Å². The van der Waals surface area contributed by atoms with Crippen LogP contribution in [0.2, 0.25) is 0 Å². The SMILES string of the molecule is COc1cc(OC)c([C@H]2C(C(=O)OC[C@@H]3CCCO3)=C(C)NC3=C2C(=O)CCC3)cc1OC. The molecule has 1 aliphatic carbocycles. The van der Waals surface area contributed by atoms with Crippen LogP contribution in [-0.2, 0) is 19.1 Å². The lowest BCUT2D eigenvalue weighted by molar-refractivity contribution is -0.142. The van der Waals surface area contributed by atoms with Gasteiger partial charge in [0.25, 0.3) is 0 Å². The third-order valence-electron chi connectivity index (χ3n) is 6.47. The van der Waals surface area contributed by atoms with Crippen LogP contribution < -0.4 is 19.5 Å². The summed E-state index contributed by atoms with van der Waals surface area (Å²) in [7, 11) is 4.64. The van der Waals surface area contributed by atoms with Crippen molar-refractivity contribution in [2.75, 3.05) is 34.5 Å². The van der Waals surface area contributed by atoms with E-state index in [2.05, 4.69) is 5.32 Å². The van der Waals surface area contributed by atoms with Crippen molar-refractivity contribution in [1.82, 2.24) is 5.32 Å². The Balaban J connectivity index is 1.80. The molecule has 1 N–H and O–H groups in total. The van der Waals surface area contributed by atoms with Gasteiger partial charge in [-0.3, -0.25) is 4.79 Å². The maximum Gasteiger partial charge on any atom is 0.336 e. The number of nitrogens with one attached hydrogen (secondary N) is 1. The maximum absolute atomic E-state index is 13.4. The van der Waals surface area contributed by atoms with E-state index in [0.29, 0.717) is 52.7 Å². The molecule has 8 nitrogen and oxygen atoms in total. The zero-order valence-corrected chi connectivity index (χ0v) is 19.6. The van der Waals surface area contributed by atoms with Gasteiger partial charge < -0.3 is 29.0 Å². The monoisotopic (exact) mass is 457 g/mol. The van der Waals surface area contributed by atoms with Crippen LogP contribution in [-0.4, -0.2) is 52.4 Å². The molecule has 3 aliphatic rings. The highest BCUT2D eigenvalue weighted by Crippen LogP contribution is 2.48. The molecular weight excluding hydrogens is 426 g/mol. The quantitative estimate of drug-likeness (QED) is 0.623. The third-order valence-corrected chi connectivity index (χ3v) is 6.47. The number of hydrogen-bond donors (Lipinski definition) is 1. The van der Waals surface area contributed by atoms with Crippen LogP contribution >= 0.6 is 0 Å². The van der Waals surface area contributed by atoms with Crippen molar-refractivity contribution in [3.05, 3.63) is 40.2 Å². The van der Waals surface area contributed by atoms with E-state index in [1.807, 2.05) is 6.92 Å². The largest absolute Gasteiger partial charge is 0.496 e. The fourth-order valence-electron chi connectivity index (χ4n) is 4.87. The van der Waals surface area contributed by atoms with Crippen molar-refractivity contribution >= 4 is 11.8 Å². The molecule has 1 aromatic rings. The molecule has 0 saturated carbocycles. The van der Waals surface area contributed by atoms with Gasteiger partial charge >= 0.3 is 5.97 Å². The minimum Gasteiger partial charge on any atom is -0.496 e. The van der Waals surface area contributed by atoms with Crippen molar-refractivity contribution in [2.45, 2.75) is 51.0 Å². The van der Waals surface area contributed by atoms with Gasteiger partial charge in [-0.25, -0.2) is 4.79 Å². The highest BCUT2D eigenvalue weighted by atomic mass is 16.6. The summed E-state index contributed by atoms with van der Waals surface area (Å²) in [6.45, 7) is 2.71. The van der Waals surface area contributed by atoms with Crippen LogP contribution in [0.3, 0.4) is 0 Å². The minimum atomic E-state index is -0.638. The Bertz CT molecular complexity index is 1000. The topological polar surface area (TPSA) is 92.3 Å². The Morgan fingerprint density at radius 3 is 2.45 bits per heavy atom. The summed E-state index contributed by atoms with van der Waals surface area (Å²) in [5, 5.41) is 3.31. The molecular formula is C25H31NO7. The van der Waals surface area contributed by atoms with Gasteiger partial charge in [0.2, 0.25) is 0 Å². The van der Waals surface area contributed by atoms with E-state index in [1.165, 1.54) is 0 Å². The summed E-state index contributed by atoms with van der Waals surface area (Å²) in [5.41, 5.74) is 3.15. The van der Waals surface area contributed by atoms with E-state index < -0.39 is 11.9 Å². The number of ether oxygens (including phenoxy) is 5. The summed E-state index contributed by atoms with van der Waals surface area (Å²) >= 11 is 0. The van der Waals surface area contributed by atoms with E-state index in [4.69, 9.17) is 23.7 Å². The second-order valence-electron chi connectivity index (χ2n) is 8.45. The summed E-state index contributed by atoms with van der Waals surface area (Å²) in [5.74, 6) is 0.397. The summed E-state index contributed by atoms with van der Waals surface area (Å²) in [4.78, 5) is 26.5. The standard InChI is InChI=1S/C25H31NO7/c1-14-22(25(28)33-13-15-7-6-10-32-15)23(24-17(26-14)8-5-9-18(24)27)16-11-20(30-3)21(31-4)12-19(16)29-2/h11-12,15,23,26H,5-10,13H2,1-4H3/t15-,23-/m0/s1. The number of dihydropyridines is 1. The molecule has 178 valence electrons. The van der Waals surface area contributed by atoms with Crippen molar-refractivity contribution in [3.63, 3.8) is 0 Å². The molecule has 2 heterocycles. The molecule has 1 fully saturated rings. The average Bonchev–Trinajstić information content (AvgIpc) is 3.34. The first-order chi connectivity index (χ1) is 16.0. The Kier molecular flexibility index (Phi) is 6.93. The summed E-state index contributed by atoms with van der Waals surface area (Å²) in [6.07, 6.45) is 3.68. The lowest BCUT2D eigenvalue weighted by Gasteiger charge is -2.35. The van der Waals surface area contributed by atoms with E-state index in [9.17, 15) is 9.59 Å². The molecule has 33 heavy (non-hydrogen) atoms. The second-order valence-corrected chi connectivity index (χ2v) is 8.45. The first kappa shape index (κ1) is 23.2. The lowest BCUT2D eigenvalue weighted by atomic mass is 9.75. The highest BCUT2D eigenvalue weighted by molar-refractivity contribution is 6.04. The molecule has 0 bridgehead atoms. The van der Waals surface area contributed by atoms with Gasteiger partial charge in [0.1, 0.15) is 12.4 Å². The number of methoxy groups -OCH3 is 3. The van der Waals surface area contributed by atoms with Crippen LogP contribution in [0.1, 0.15) is 50.5 Å². The van der Waals surface area contributed by atoms with E-state index >= 15 is 0 Å². The molecule has 8 heteroatoms. The molecule has 0 spiro atoms. The Hall–Kier alpha value is -3.00. The number of Topliss-reactive ketones (excluding diaryl/α,β-unsaturated/α-hetero) is 1. The minimum absolute atomic E-state index is 0.0162. The van der Waals surface area contributed by atoms with Gasteiger partial charge in [-0.15, -0.1) is 0 Å². The molecule has 1 saturated heterocycles. The van der Waals surface area contributed by atoms with Crippen molar-refractivity contribution in [3.8, 4) is 17.2 Å². The van der Waals surface area contributed by atoms with Gasteiger partial charge in [-0.2, -0.15) is 0 Å². The average molecular weight is 458 g/mol. The number of ketones is 1. The number of hydrogen-bond acceptors (Lipinski definition) is 8. The predicted molar refractivity (Wildman–Crippen MR) is 120 cm³/mol. The highest BCUT2D eigenvalue weighted by Gasteiger charge is 2.41. The maximum atomic E-state index is 13.4. The lowest BCUT2D eigenvalue weighted by Crippen LogP contribution is -2.35. The van der Waals surface area contributed by atoms with Crippen molar-refractivity contribution < 1.29 is 33.3 Å². The first-order valence-corrected chi connectivity index (χ1v) is 11.3. The smallest absolute Gasteiger partial charge is 0.336 e. The molecule has 2 aliphatic heterocycles. The summed E-state index contributed by atoms with van der Waals surface area (Å²) < 4.78 is 27.9. The van der Waals surface area contributed by atoms with Crippen molar-refractivity contribution in [2.24, 2.45) is 0 Å². The molecule has 0 amide bonds. The Morgan fingerprint density at radius 2 is 1.79 bits per heavy atom. The summed E-state index contributed by atoms with van der Waals surface area (Å²) in [6, 6.07) is 3.50. The number of benzene rings is 1. The van der Waals surface area contributed by atoms with Crippen LogP contribution in [0.5, 0.6) is 17.2 Å². The second kappa shape index (κ2) is 9.87.